The number of nitrogens with zero attached hydrogens (tertiary/aromatic N) is 2. The van der Waals surface area contributed by atoms with Crippen molar-refractivity contribution in [3.63, 3.8) is 0 Å². The number of aromatic nitrogens is 2. The van der Waals surface area contributed by atoms with Gasteiger partial charge in [-0.3, -0.25) is 0 Å². The van der Waals surface area contributed by atoms with Gasteiger partial charge in [0.2, 0.25) is 5.95 Å². The molecule has 0 fully saturated rings. The Bertz CT molecular complexity index is 273. The molecule has 0 spiro atoms. The molecule has 0 amide bonds. The predicted octanol–water partition coefficient (Wildman–Crippen LogP) is 2.30. The van der Waals surface area contributed by atoms with E-state index in [9.17, 15) is 0 Å². The summed E-state index contributed by atoms with van der Waals surface area (Å²) in [6.07, 6.45) is 6.17. The van der Waals surface area contributed by atoms with Gasteiger partial charge in [0.25, 0.3) is 0 Å². The van der Waals surface area contributed by atoms with E-state index in [1.165, 1.54) is 12.8 Å². The Labute approximate surface area is 91.7 Å². The van der Waals surface area contributed by atoms with Crippen molar-refractivity contribution >= 4 is 5.95 Å². The fourth-order valence-electron chi connectivity index (χ4n) is 1.50. The van der Waals surface area contributed by atoms with Crippen LogP contribution in [0.1, 0.15) is 32.7 Å². The number of methoxy groups -OCH3 is 1. The van der Waals surface area contributed by atoms with E-state index < -0.39 is 0 Å². The standard InChI is InChI=1S/C11H21N3O/c1-4-5-6-12-11-13-7-8-14(11)10(2)9-15-3/h7-8,10H,4-6,9H2,1-3H3,(H,12,13). The zero-order chi connectivity index (χ0) is 11.1. The minimum atomic E-state index is 0.321. The van der Waals surface area contributed by atoms with Crippen LogP contribution in [0.15, 0.2) is 12.4 Å². The summed E-state index contributed by atoms with van der Waals surface area (Å²) >= 11 is 0. The Balaban J connectivity index is 2.52. The Kier molecular flexibility index (Phi) is 5.18. The quantitative estimate of drug-likeness (QED) is 0.703. The average molecular weight is 211 g/mol. The summed E-state index contributed by atoms with van der Waals surface area (Å²) in [5, 5.41) is 3.33. The molecule has 1 unspecified atom stereocenters. The fraction of sp³-hybridized carbons (Fsp3) is 0.727. The molecule has 0 saturated carbocycles. The molecule has 0 saturated heterocycles. The smallest absolute Gasteiger partial charge is 0.203 e. The molecular formula is C11H21N3O. The van der Waals surface area contributed by atoms with E-state index in [2.05, 4.69) is 28.7 Å². The van der Waals surface area contributed by atoms with E-state index in [-0.39, 0.29) is 0 Å². The van der Waals surface area contributed by atoms with Gasteiger partial charge in [-0.25, -0.2) is 4.98 Å². The third-order valence-corrected chi connectivity index (χ3v) is 2.36. The van der Waals surface area contributed by atoms with Crippen LogP contribution in [0.3, 0.4) is 0 Å². The zero-order valence-electron chi connectivity index (χ0n) is 9.86. The van der Waals surface area contributed by atoms with E-state index in [4.69, 9.17) is 4.74 Å². The number of ether oxygens (including phenoxy) is 1. The molecule has 15 heavy (non-hydrogen) atoms. The van der Waals surface area contributed by atoms with Crippen molar-refractivity contribution < 1.29 is 4.74 Å². The number of unbranched alkanes of at least 4 members (excludes halogenated alkanes) is 1. The molecule has 0 aliphatic carbocycles. The lowest BCUT2D eigenvalue weighted by Crippen LogP contribution is -2.14. The Morgan fingerprint density at radius 1 is 1.60 bits per heavy atom. The lowest BCUT2D eigenvalue weighted by Gasteiger charge is -2.15. The maximum Gasteiger partial charge on any atom is 0.203 e. The Morgan fingerprint density at radius 2 is 2.40 bits per heavy atom. The molecular weight excluding hydrogens is 190 g/mol. The molecule has 0 aliphatic rings. The van der Waals surface area contributed by atoms with Crippen LogP contribution in [0.2, 0.25) is 0 Å². The van der Waals surface area contributed by atoms with E-state index in [0.29, 0.717) is 12.6 Å². The number of hydrogen-bond acceptors (Lipinski definition) is 3. The number of anilines is 1. The highest BCUT2D eigenvalue weighted by Crippen LogP contribution is 2.13. The van der Waals surface area contributed by atoms with Crippen LogP contribution in [0.5, 0.6) is 0 Å². The molecule has 4 nitrogen and oxygen atoms in total. The second-order valence-electron chi connectivity index (χ2n) is 3.74. The number of nitrogens with one attached hydrogen (secondary N) is 1. The van der Waals surface area contributed by atoms with E-state index in [0.717, 1.165) is 12.5 Å². The molecule has 1 aromatic rings. The van der Waals surface area contributed by atoms with Gasteiger partial charge in [0.05, 0.1) is 12.6 Å². The van der Waals surface area contributed by atoms with Crippen LogP contribution >= 0.6 is 0 Å². The summed E-state index contributed by atoms with van der Waals surface area (Å²) in [6, 6.07) is 0.321. The number of imidazole rings is 1. The first-order valence-electron chi connectivity index (χ1n) is 5.55. The van der Waals surface area contributed by atoms with Crippen LogP contribution in [0.4, 0.5) is 5.95 Å². The largest absolute Gasteiger partial charge is 0.383 e. The first kappa shape index (κ1) is 12.0. The van der Waals surface area contributed by atoms with Crippen molar-refractivity contribution in [3.05, 3.63) is 12.4 Å². The van der Waals surface area contributed by atoms with Crippen molar-refractivity contribution in [1.29, 1.82) is 0 Å². The molecule has 1 N–H and O–H groups in total. The third-order valence-electron chi connectivity index (χ3n) is 2.36. The van der Waals surface area contributed by atoms with Gasteiger partial charge < -0.3 is 14.6 Å². The molecule has 0 aliphatic heterocycles. The van der Waals surface area contributed by atoms with Crippen molar-refractivity contribution in [2.75, 3.05) is 25.6 Å². The van der Waals surface area contributed by atoms with Crippen LogP contribution in [-0.2, 0) is 4.74 Å². The van der Waals surface area contributed by atoms with Gasteiger partial charge in [-0.15, -0.1) is 0 Å². The monoisotopic (exact) mass is 211 g/mol. The summed E-state index contributed by atoms with van der Waals surface area (Å²) in [5.74, 6) is 0.938. The molecule has 86 valence electrons. The van der Waals surface area contributed by atoms with Crippen molar-refractivity contribution in [2.24, 2.45) is 0 Å². The summed E-state index contributed by atoms with van der Waals surface area (Å²) < 4.78 is 7.24. The SMILES string of the molecule is CCCCNc1nccn1C(C)COC. The van der Waals surface area contributed by atoms with Crippen LogP contribution in [-0.4, -0.2) is 29.8 Å². The summed E-state index contributed by atoms with van der Waals surface area (Å²) in [4.78, 5) is 4.29. The molecule has 0 aromatic carbocycles. The maximum absolute atomic E-state index is 5.13. The topological polar surface area (TPSA) is 39.1 Å². The van der Waals surface area contributed by atoms with Crippen LogP contribution in [0.25, 0.3) is 0 Å². The average Bonchev–Trinajstić information content (AvgIpc) is 2.67. The molecule has 1 atom stereocenters. The first-order valence-corrected chi connectivity index (χ1v) is 5.55. The van der Waals surface area contributed by atoms with Crippen LogP contribution in [0, 0.1) is 0 Å². The van der Waals surface area contributed by atoms with E-state index in [1.54, 1.807) is 7.11 Å². The zero-order valence-corrected chi connectivity index (χ0v) is 9.86. The Hall–Kier alpha value is -1.03. The van der Waals surface area contributed by atoms with Gasteiger partial charge in [0, 0.05) is 26.0 Å². The minimum Gasteiger partial charge on any atom is -0.383 e. The van der Waals surface area contributed by atoms with Gasteiger partial charge >= 0.3 is 0 Å². The fourth-order valence-corrected chi connectivity index (χ4v) is 1.50. The lowest BCUT2D eigenvalue weighted by molar-refractivity contribution is 0.163. The summed E-state index contributed by atoms with van der Waals surface area (Å²) in [5.41, 5.74) is 0. The maximum atomic E-state index is 5.13. The molecule has 1 aromatic heterocycles. The van der Waals surface area contributed by atoms with Crippen molar-refractivity contribution in [1.82, 2.24) is 9.55 Å². The van der Waals surface area contributed by atoms with Gasteiger partial charge in [-0.1, -0.05) is 13.3 Å². The van der Waals surface area contributed by atoms with Gasteiger partial charge in [-0.2, -0.15) is 0 Å². The normalized spacial score (nSPS) is 12.7. The predicted molar refractivity (Wildman–Crippen MR) is 62.2 cm³/mol. The number of hydrogen-bond donors (Lipinski definition) is 1. The van der Waals surface area contributed by atoms with Crippen molar-refractivity contribution in [2.45, 2.75) is 32.7 Å². The van der Waals surface area contributed by atoms with E-state index >= 15 is 0 Å². The third kappa shape index (κ3) is 3.55. The summed E-state index contributed by atoms with van der Waals surface area (Å²) in [6.45, 7) is 5.99. The van der Waals surface area contributed by atoms with Gasteiger partial charge in [-0.05, 0) is 13.3 Å². The summed E-state index contributed by atoms with van der Waals surface area (Å²) in [7, 11) is 1.72. The molecule has 4 heteroatoms. The second-order valence-corrected chi connectivity index (χ2v) is 3.74. The van der Waals surface area contributed by atoms with Crippen LogP contribution < -0.4 is 5.32 Å². The molecule has 0 bridgehead atoms. The highest BCUT2D eigenvalue weighted by atomic mass is 16.5. The second kappa shape index (κ2) is 6.45. The van der Waals surface area contributed by atoms with Crippen molar-refractivity contribution in [3.8, 4) is 0 Å². The molecule has 1 rings (SSSR count). The highest BCUT2D eigenvalue weighted by Gasteiger charge is 2.08. The first-order chi connectivity index (χ1) is 7.29. The van der Waals surface area contributed by atoms with E-state index in [1.807, 2.05) is 12.4 Å². The number of rotatable bonds is 7. The molecule has 0 radical (unpaired) electrons. The molecule has 1 heterocycles. The van der Waals surface area contributed by atoms with Gasteiger partial charge in [0.1, 0.15) is 0 Å². The Morgan fingerprint density at radius 3 is 3.07 bits per heavy atom. The highest BCUT2D eigenvalue weighted by molar-refractivity contribution is 5.26. The van der Waals surface area contributed by atoms with Gasteiger partial charge in [0.15, 0.2) is 0 Å². The minimum absolute atomic E-state index is 0.321. The lowest BCUT2D eigenvalue weighted by atomic mass is 10.3.